The number of aliphatic hydroxyl groups excluding tert-OH is 2. The van der Waals surface area contributed by atoms with Crippen LogP contribution in [0.25, 0.3) is 0 Å². The van der Waals surface area contributed by atoms with E-state index in [1.54, 1.807) is 4.90 Å². The first kappa shape index (κ1) is 18.8. The second-order valence-corrected chi connectivity index (χ2v) is 8.40. The van der Waals surface area contributed by atoms with Crippen molar-refractivity contribution >= 4 is 23.2 Å². The highest BCUT2D eigenvalue weighted by Crippen LogP contribution is 2.44. The van der Waals surface area contributed by atoms with Crippen molar-refractivity contribution in [2.24, 2.45) is 0 Å². The molecule has 4 heterocycles. The van der Waals surface area contributed by atoms with Gasteiger partial charge in [0, 0.05) is 24.4 Å². The van der Waals surface area contributed by atoms with Crippen LogP contribution in [0.5, 0.6) is 0 Å². The van der Waals surface area contributed by atoms with Gasteiger partial charge in [-0.1, -0.05) is 0 Å². The zero-order valence-electron chi connectivity index (χ0n) is 15.0. The summed E-state index contributed by atoms with van der Waals surface area (Å²) < 4.78 is 11.3. The summed E-state index contributed by atoms with van der Waals surface area (Å²) in [6.07, 6.45) is 1.40. The average Bonchev–Trinajstić information content (AvgIpc) is 3.29. The normalized spacial score (nSPS) is 26.8. The topological polar surface area (TPSA) is 108 Å². The largest absolute Gasteiger partial charge is 0.388 e. The lowest BCUT2D eigenvalue weighted by Gasteiger charge is -2.43. The summed E-state index contributed by atoms with van der Waals surface area (Å²) in [7, 11) is 0. The Bertz CT molecular complexity index is 727. The van der Waals surface area contributed by atoms with Crippen molar-refractivity contribution in [3.63, 3.8) is 0 Å². The van der Waals surface area contributed by atoms with Gasteiger partial charge in [-0.2, -0.15) is 0 Å². The maximum atomic E-state index is 12.6. The standard InChI is InChI=1S/C18H24N2O6S/c21-8-16(23)20-4-2-18(3-5-20)11-7-15(27-14(11)1-6-26-18)17(24)19-12-9-25-10-13(12)22/h7,12-13,21-22H,1-6,8-10H2,(H,19,24)/t12-,13-/m0/s1. The molecule has 2 saturated heterocycles. The number of nitrogens with zero attached hydrogens (tertiary/aromatic N) is 1. The number of fused-ring (bicyclic) bond motifs is 2. The van der Waals surface area contributed by atoms with Crippen molar-refractivity contribution in [1.82, 2.24) is 10.2 Å². The van der Waals surface area contributed by atoms with E-state index in [0.29, 0.717) is 44.0 Å². The summed E-state index contributed by atoms with van der Waals surface area (Å²) in [6.45, 7) is 1.74. The Morgan fingerprint density at radius 1 is 1.33 bits per heavy atom. The summed E-state index contributed by atoms with van der Waals surface area (Å²) in [5.74, 6) is -0.462. The molecule has 8 nitrogen and oxygen atoms in total. The van der Waals surface area contributed by atoms with Crippen molar-refractivity contribution in [2.45, 2.75) is 37.0 Å². The van der Waals surface area contributed by atoms with E-state index in [1.807, 2.05) is 6.07 Å². The van der Waals surface area contributed by atoms with Crippen LogP contribution in [-0.2, 0) is 26.3 Å². The lowest BCUT2D eigenvalue weighted by molar-refractivity contribution is -0.143. The van der Waals surface area contributed by atoms with Gasteiger partial charge in [-0.05, 0) is 24.5 Å². The molecule has 3 N–H and O–H groups in total. The van der Waals surface area contributed by atoms with Gasteiger partial charge in [-0.15, -0.1) is 11.3 Å². The van der Waals surface area contributed by atoms with Crippen LogP contribution in [0.1, 0.15) is 33.0 Å². The van der Waals surface area contributed by atoms with Gasteiger partial charge in [0.05, 0.1) is 42.4 Å². The Balaban J connectivity index is 1.50. The third-order valence-corrected chi connectivity index (χ3v) is 6.85. The fourth-order valence-corrected chi connectivity index (χ4v) is 5.21. The van der Waals surface area contributed by atoms with Gasteiger partial charge < -0.3 is 29.9 Å². The third-order valence-electron chi connectivity index (χ3n) is 5.66. The number of rotatable bonds is 3. The molecule has 2 amide bonds. The lowest BCUT2D eigenvalue weighted by atomic mass is 9.82. The van der Waals surface area contributed by atoms with Crippen molar-refractivity contribution in [3.8, 4) is 0 Å². The quantitative estimate of drug-likeness (QED) is 0.643. The zero-order valence-corrected chi connectivity index (χ0v) is 15.8. The third kappa shape index (κ3) is 3.50. The van der Waals surface area contributed by atoms with Crippen molar-refractivity contribution in [1.29, 1.82) is 0 Å². The van der Waals surface area contributed by atoms with E-state index in [-0.39, 0.29) is 24.5 Å². The van der Waals surface area contributed by atoms with Crippen LogP contribution in [0.3, 0.4) is 0 Å². The van der Waals surface area contributed by atoms with Gasteiger partial charge in [-0.25, -0.2) is 0 Å². The minimum absolute atomic E-state index is 0.202. The van der Waals surface area contributed by atoms with Crippen LogP contribution < -0.4 is 5.32 Å². The predicted octanol–water partition coefficient (Wildman–Crippen LogP) is -0.380. The molecule has 0 aliphatic carbocycles. The second kappa shape index (κ2) is 7.48. The molecular weight excluding hydrogens is 372 g/mol. The summed E-state index contributed by atoms with van der Waals surface area (Å²) in [5.41, 5.74) is 0.577. The molecule has 1 aromatic rings. The van der Waals surface area contributed by atoms with Gasteiger partial charge >= 0.3 is 0 Å². The SMILES string of the molecule is O=C(N[C@H]1COC[C@@H]1O)c1cc2c(s1)CCOC21CCN(C(=O)CO)CC1. The molecule has 2 fully saturated rings. The van der Waals surface area contributed by atoms with Crippen LogP contribution in [0.15, 0.2) is 6.07 Å². The first-order chi connectivity index (χ1) is 13.0. The van der Waals surface area contributed by atoms with Gasteiger partial charge in [-0.3, -0.25) is 9.59 Å². The number of carbonyl (C=O) groups is 2. The monoisotopic (exact) mass is 396 g/mol. The molecule has 27 heavy (non-hydrogen) atoms. The molecule has 1 spiro atoms. The highest BCUT2D eigenvalue weighted by molar-refractivity contribution is 7.14. The number of hydrogen-bond donors (Lipinski definition) is 3. The molecule has 2 atom stereocenters. The van der Waals surface area contributed by atoms with Crippen LogP contribution in [0.2, 0.25) is 0 Å². The van der Waals surface area contributed by atoms with Crippen LogP contribution >= 0.6 is 11.3 Å². The smallest absolute Gasteiger partial charge is 0.261 e. The molecule has 1 aromatic heterocycles. The predicted molar refractivity (Wildman–Crippen MR) is 96.6 cm³/mol. The molecular formula is C18H24N2O6S. The molecule has 3 aliphatic heterocycles. The van der Waals surface area contributed by atoms with E-state index < -0.39 is 18.3 Å². The number of aliphatic hydroxyl groups is 2. The maximum absolute atomic E-state index is 12.6. The lowest BCUT2D eigenvalue weighted by Crippen LogP contribution is -2.48. The number of carbonyl (C=O) groups excluding carboxylic acids is 2. The molecule has 3 aliphatic rings. The fraction of sp³-hybridized carbons (Fsp3) is 0.667. The Hall–Kier alpha value is -1.52. The van der Waals surface area contributed by atoms with Crippen molar-refractivity contribution < 1.29 is 29.3 Å². The van der Waals surface area contributed by atoms with E-state index in [0.717, 1.165) is 16.9 Å². The summed E-state index contributed by atoms with van der Waals surface area (Å²) in [6, 6.07) is 1.52. The molecule has 0 aromatic carbocycles. The van der Waals surface area contributed by atoms with Gasteiger partial charge in [0.1, 0.15) is 6.61 Å². The number of piperidine rings is 1. The molecule has 9 heteroatoms. The fourth-order valence-electron chi connectivity index (χ4n) is 4.08. The van der Waals surface area contributed by atoms with Crippen LogP contribution in [0, 0.1) is 0 Å². The van der Waals surface area contributed by atoms with Crippen molar-refractivity contribution in [2.75, 3.05) is 39.5 Å². The Morgan fingerprint density at radius 2 is 2.11 bits per heavy atom. The van der Waals surface area contributed by atoms with E-state index in [2.05, 4.69) is 5.32 Å². The summed E-state index contributed by atoms with van der Waals surface area (Å²) in [4.78, 5) is 27.8. The highest BCUT2D eigenvalue weighted by Gasteiger charge is 2.43. The first-order valence-electron chi connectivity index (χ1n) is 9.25. The number of thiophene rings is 1. The van der Waals surface area contributed by atoms with Gasteiger partial charge in [0.15, 0.2) is 0 Å². The van der Waals surface area contributed by atoms with Crippen molar-refractivity contribution in [3.05, 3.63) is 21.4 Å². The number of amides is 2. The Morgan fingerprint density at radius 3 is 2.78 bits per heavy atom. The minimum atomic E-state index is -0.674. The first-order valence-corrected chi connectivity index (χ1v) is 10.1. The molecule has 4 rings (SSSR count). The van der Waals surface area contributed by atoms with Crippen LogP contribution in [0.4, 0.5) is 0 Å². The number of ether oxygens (including phenoxy) is 2. The minimum Gasteiger partial charge on any atom is -0.388 e. The molecule has 0 unspecified atom stereocenters. The zero-order chi connectivity index (χ0) is 19.0. The van der Waals surface area contributed by atoms with E-state index >= 15 is 0 Å². The average molecular weight is 396 g/mol. The molecule has 148 valence electrons. The second-order valence-electron chi connectivity index (χ2n) is 7.26. The van der Waals surface area contributed by atoms with E-state index in [1.165, 1.54) is 11.3 Å². The molecule has 0 bridgehead atoms. The van der Waals surface area contributed by atoms with Gasteiger partial charge in [0.25, 0.3) is 5.91 Å². The molecule has 0 radical (unpaired) electrons. The number of likely N-dealkylation sites (tertiary alicyclic amines) is 1. The highest BCUT2D eigenvalue weighted by atomic mass is 32.1. The van der Waals surface area contributed by atoms with E-state index in [4.69, 9.17) is 14.6 Å². The number of hydrogen-bond acceptors (Lipinski definition) is 7. The maximum Gasteiger partial charge on any atom is 0.261 e. The summed E-state index contributed by atoms with van der Waals surface area (Å²) in [5, 5.41) is 21.7. The van der Waals surface area contributed by atoms with Gasteiger partial charge in [0.2, 0.25) is 5.91 Å². The van der Waals surface area contributed by atoms with E-state index in [9.17, 15) is 14.7 Å². The number of nitrogens with one attached hydrogen (secondary N) is 1. The molecule has 0 saturated carbocycles. The Labute approximate surface area is 161 Å². The Kier molecular flexibility index (Phi) is 5.21. The van der Waals surface area contributed by atoms with Crippen LogP contribution in [-0.4, -0.2) is 78.6 Å². The summed E-state index contributed by atoms with van der Waals surface area (Å²) >= 11 is 1.47.